The third-order valence-corrected chi connectivity index (χ3v) is 3.88. The molecular weight excluding hydrogens is 326 g/mol. The molecule has 0 saturated heterocycles. The third-order valence-electron chi connectivity index (χ3n) is 2.82. The predicted octanol–water partition coefficient (Wildman–Crippen LogP) is 3.47. The normalized spacial score (nSPS) is 11.6. The molecular formula is C13H22BrN3OS. The highest BCUT2D eigenvalue weighted by Gasteiger charge is 2.28. The third kappa shape index (κ3) is 4.53. The number of rotatable bonds is 6. The van der Waals surface area contributed by atoms with Crippen molar-refractivity contribution in [3.05, 3.63) is 10.6 Å². The molecule has 1 heterocycles. The molecule has 0 aromatic carbocycles. The quantitative estimate of drug-likeness (QED) is 0.740. The second-order valence-corrected chi connectivity index (χ2v) is 7.08. The van der Waals surface area contributed by atoms with Crippen molar-refractivity contribution in [2.75, 3.05) is 18.4 Å². The standard InChI is InChI=1S/C13H22BrN3OS/c1-5-6-8-17(9-7-14)12(18)10-11(13(2,3)4)15-16-19-10/h5-9H2,1-4H3. The summed E-state index contributed by atoms with van der Waals surface area (Å²) in [7, 11) is 0. The first kappa shape index (κ1) is 16.6. The van der Waals surface area contributed by atoms with Gasteiger partial charge in [-0.3, -0.25) is 4.79 Å². The summed E-state index contributed by atoms with van der Waals surface area (Å²) in [6, 6.07) is 0. The number of alkyl halides is 1. The summed E-state index contributed by atoms with van der Waals surface area (Å²) in [4.78, 5) is 15.2. The van der Waals surface area contributed by atoms with Crippen molar-refractivity contribution in [2.45, 2.75) is 46.0 Å². The van der Waals surface area contributed by atoms with Crippen LogP contribution in [0.1, 0.15) is 55.9 Å². The molecule has 108 valence electrons. The van der Waals surface area contributed by atoms with E-state index >= 15 is 0 Å². The Balaban J connectivity index is 2.93. The van der Waals surface area contributed by atoms with Crippen LogP contribution in [0, 0.1) is 0 Å². The van der Waals surface area contributed by atoms with Gasteiger partial charge in [0.2, 0.25) is 0 Å². The van der Waals surface area contributed by atoms with E-state index in [4.69, 9.17) is 0 Å². The fourth-order valence-corrected chi connectivity index (χ4v) is 3.00. The number of carbonyl (C=O) groups is 1. The summed E-state index contributed by atoms with van der Waals surface area (Å²) in [6.07, 6.45) is 2.11. The Bertz CT molecular complexity index is 414. The lowest BCUT2D eigenvalue weighted by Gasteiger charge is -2.23. The molecule has 0 fully saturated rings. The van der Waals surface area contributed by atoms with Gasteiger partial charge >= 0.3 is 0 Å². The van der Waals surface area contributed by atoms with E-state index in [2.05, 4.69) is 53.2 Å². The fraction of sp³-hybridized carbons (Fsp3) is 0.769. The number of hydrogen-bond donors (Lipinski definition) is 0. The Morgan fingerprint density at radius 3 is 2.58 bits per heavy atom. The molecule has 0 unspecified atom stereocenters. The van der Waals surface area contributed by atoms with Gasteiger partial charge in [-0.1, -0.05) is 54.5 Å². The van der Waals surface area contributed by atoms with E-state index in [1.165, 1.54) is 11.5 Å². The molecule has 19 heavy (non-hydrogen) atoms. The monoisotopic (exact) mass is 347 g/mol. The van der Waals surface area contributed by atoms with E-state index in [-0.39, 0.29) is 11.3 Å². The smallest absolute Gasteiger partial charge is 0.267 e. The van der Waals surface area contributed by atoms with Crippen molar-refractivity contribution in [3.63, 3.8) is 0 Å². The zero-order valence-corrected chi connectivity index (χ0v) is 14.5. The maximum Gasteiger partial charge on any atom is 0.267 e. The highest BCUT2D eigenvalue weighted by atomic mass is 79.9. The summed E-state index contributed by atoms with van der Waals surface area (Å²) in [5.41, 5.74) is 0.654. The summed E-state index contributed by atoms with van der Waals surface area (Å²) in [5, 5.41) is 4.93. The fourth-order valence-electron chi connectivity index (χ4n) is 1.73. The first-order valence-electron chi connectivity index (χ1n) is 6.59. The summed E-state index contributed by atoms with van der Waals surface area (Å²) < 4.78 is 3.96. The van der Waals surface area contributed by atoms with Crippen LogP contribution in [0.2, 0.25) is 0 Å². The Kier molecular flexibility index (Phi) is 6.39. The van der Waals surface area contributed by atoms with E-state index in [1.54, 1.807) is 0 Å². The van der Waals surface area contributed by atoms with Gasteiger partial charge in [-0.25, -0.2) is 0 Å². The van der Waals surface area contributed by atoms with Gasteiger partial charge in [-0.15, -0.1) is 5.10 Å². The van der Waals surface area contributed by atoms with Gasteiger partial charge in [-0.2, -0.15) is 0 Å². The number of amides is 1. The van der Waals surface area contributed by atoms with E-state index in [0.717, 1.165) is 37.0 Å². The zero-order valence-electron chi connectivity index (χ0n) is 12.1. The molecule has 1 aromatic heterocycles. The zero-order chi connectivity index (χ0) is 14.5. The molecule has 0 bridgehead atoms. The number of aromatic nitrogens is 2. The molecule has 1 rings (SSSR count). The minimum absolute atomic E-state index is 0.0628. The van der Waals surface area contributed by atoms with E-state index in [9.17, 15) is 4.79 Å². The van der Waals surface area contributed by atoms with Gasteiger partial charge in [0.25, 0.3) is 5.91 Å². The molecule has 0 aliphatic carbocycles. The van der Waals surface area contributed by atoms with Crippen LogP contribution in [-0.2, 0) is 5.41 Å². The summed E-state index contributed by atoms with van der Waals surface area (Å²) in [5.74, 6) is 0.0628. The van der Waals surface area contributed by atoms with Gasteiger partial charge in [-0.05, 0) is 18.0 Å². The van der Waals surface area contributed by atoms with Crippen molar-refractivity contribution in [3.8, 4) is 0 Å². The molecule has 1 amide bonds. The lowest BCUT2D eigenvalue weighted by Crippen LogP contribution is -2.34. The lowest BCUT2D eigenvalue weighted by molar-refractivity contribution is 0.0766. The Hall–Kier alpha value is -0.490. The van der Waals surface area contributed by atoms with Crippen molar-refractivity contribution in [1.82, 2.24) is 14.5 Å². The van der Waals surface area contributed by atoms with Crippen LogP contribution in [0.5, 0.6) is 0 Å². The van der Waals surface area contributed by atoms with Crippen molar-refractivity contribution in [2.24, 2.45) is 0 Å². The van der Waals surface area contributed by atoms with Crippen LogP contribution in [0.25, 0.3) is 0 Å². The van der Waals surface area contributed by atoms with Gasteiger partial charge in [0.15, 0.2) is 0 Å². The number of halogens is 1. The first-order valence-corrected chi connectivity index (χ1v) is 8.49. The Morgan fingerprint density at radius 2 is 2.05 bits per heavy atom. The van der Waals surface area contributed by atoms with E-state index < -0.39 is 0 Å². The van der Waals surface area contributed by atoms with Crippen LogP contribution < -0.4 is 0 Å². The second kappa shape index (κ2) is 7.33. The Labute approximate surface area is 127 Å². The van der Waals surface area contributed by atoms with E-state index in [0.29, 0.717) is 4.88 Å². The van der Waals surface area contributed by atoms with E-state index in [1.807, 2.05) is 4.90 Å². The van der Waals surface area contributed by atoms with Crippen molar-refractivity contribution in [1.29, 1.82) is 0 Å². The molecule has 1 aromatic rings. The molecule has 0 saturated carbocycles. The van der Waals surface area contributed by atoms with Crippen LogP contribution >= 0.6 is 27.5 Å². The van der Waals surface area contributed by atoms with Crippen LogP contribution in [0.4, 0.5) is 0 Å². The minimum atomic E-state index is -0.150. The number of carbonyl (C=O) groups excluding carboxylic acids is 1. The molecule has 0 aliphatic heterocycles. The summed E-state index contributed by atoms with van der Waals surface area (Å²) >= 11 is 4.61. The molecule has 0 radical (unpaired) electrons. The maximum atomic E-state index is 12.6. The average Bonchev–Trinajstić information content (AvgIpc) is 2.82. The highest BCUT2D eigenvalue weighted by Crippen LogP contribution is 2.26. The lowest BCUT2D eigenvalue weighted by atomic mass is 9.91. The number of hydrogen-bond acceptors (Lipinski definition) is 4. The topological polar surface area (TPSA) is 46.1 Å². The van der Waals surface area contributed by atoms with Gasteiger partial charge in [0, 0.05) is 23.8 Å². The Morgan fingerprint density at radius 1 is 1.37 bits per heavy atom. The average molecular weight is 348 g/mol. The molecule has 4 nitrogen and oxygen atoms in total. The minimum Gasteiger partial charge on any atom is -0.337 e. The SMILES string of the molecule is CCCCN(CCBr)C(=O)c1snnc1C(C)(C)C. The van der Waals surface area contributed by atoms with Gasteiger partial charge < -0.3 is 4.90 Å². The van der Waals surface area contributed by atoms with Gasteiger partial charge in [0.05, 0.1) is 5.69 Å². The van der Waals surface area contributed by atoms with Crippen LogP contribution in [0.3, 0.4) is 0 Å². The largest absolute Gasteiger partial charge is 0.337 e. The molecule has 0 N–H and O–H groups in total. The van der Waals surface area contributed by atoms with Crippen molar-refractivity contribution < 1.29 is 4.79 Å². The predicted molar refractivity (Wildman–Crippen MR) is 83.2 cm³/mol. The molecule has 0 spiro atoms. The summed E-state index contributed by atoms with van der Waals surface area (Å²) in [6.45, 7) is 9.82. The van der Waals surface area contributed by atoms with Gasteiger partial charge in [0.1, 0.15) is 4.88 Å². The number of unbranched alkanes of at least 4 members (excludes halogenated alkanes) is 1. The van der Waals surface area contributed by atoms with Crippen LogP contribution in [-0.4, -0.2) is 38.8 Å². The maximum absolute atomic E-state index is 12.6. The van der Waals surface area contributed by atoms with Crippen LogP contribution in [0.15, 0.2) is 0 Å². The molecule has 0 atom stereocenters. The number of nitrogens with zero attached hydrogens (tertiary/aromatic N) is 3. The van der Waals surface area contributed by atoms with Crippen molar-refractivity contribution >= 4 is 33.4 Å². The molecule has 6 heteroatoms. The second-order valence-electron chi connectivity index (χ2n) is 5.54. The first-order chi connectivity index (χ1) is 8.91. The highest BCUT2D eigenvalue weighted by molar-refractivity contribution is 9.09. The molecule has 0 aliphatic rings.